The lowest BCUT2D eigenvalue weighted by Crippen LogP contribution is -2.63. The van der Waals surface area contributed by atoms with Gasteiger partial charge in [0.1, 0.15) is 23.7 Å². The summed E-state index contributed by atoms with van der Waals surface area (Å²) in [5.41, 5.74) is 2.51. The number of nitrogens with zero attached hydrogens (tertiary/aromatic N) is 9. The van der Waals surface area contributed by atoms with Crippen molar-refractivity contribution in [2.45, 2.75) is 91.1 Å². The molecule has 12 nitrogen and oxygen atoms in total. The van der Waals surface area contributed by atoms with Crippen molar-refractivity contribution in [3.05, 3.63) is 55.0 Å². The Morgan fingerprint density at radius 1 is 1.08 bits per heavy atom. The molecule has 48 heavy (non-hydrogen) atoms. The summed E-state index contributed by atoms with van der Waals surface area (Å²) in [5, 5.41) is 15.3. The van der Waals surface area contributed by atoms with Crippen LogP contribution in [0.25, 0.3) is 22.2 Å². The van der Waals surface area contributed by atoms with Gasteiger partial charge in [-0.2, -0.15) is 10.4 Å². The molecule has 4 aromatic rings. The van der Waals surface area contributed by atoms with Gasteiger partial charge in [-0.1, -0.05) is 26.6 Å². The summed E-state index contributed by atoms with van der Waals surface area (Å²) < 4.78 is 14.6. The first kappa shape index (κ1) is 36.7. The topological polar surface area (TPSA) is 127 Å². The molecule has 1 aliphatic rings. The largest absolute Gasteiger partial charge is 0.464 e. The van der Waals surface area contributed by atoms with E-state index >= 15 is 0 Å². The molecule has 1 aliphatic heterocycles. The van der Waals surface area contributed by atoms with Crippen molar-refractivity contribution >= 4 is 30.9 Å². The third kappa shape index (κ3) is 8.66. The summed E-state index contributed by atoms with van der Waals surface area (Å²) in [4.78, 5) is 29.2. The van der Waals surface area contributed by atoms with Crippen LogP contribution in [0.3, 0.4) is 0 Å². The van der Waals surface area contributed by atoms with Crippen molar-refractivity contribution in [2.24, 2.45) is 0 Å². The Labute approximate surface area is 285 Å². The average molecular weight is 674 g/mol. The normalized spacial score (nSPS) is 14.2. The minimum atomic E-state index is -1.14. The second-order valence-electron chi connectivity index (χ2n) is 14.1. The zero-order valence-electron chi connectivity index (χ0n) is 30.0. The summed E-state index contributed by atoms with van der Waals surface area (Å²) in [5.74, 6) is 0.100. The lowest BCUT2D eigenvalue weighted by Gasteiger charge is -2.49. The molecule has 0 aromatic carbocycles. The second kappa shape index (κ2) is 15.8. The van der Waals surface area contributed by atoms with Gasteiger partial charge in [-0.05, 0) is 58.0 Å². The van der Waals surface area contributed by atoms with Gasteiger partial charge in [0.25, 0.3) is 0 Å². The Morgan fingerprint density at radius 2 is 1.81 bits per heavy atom. The van der Waals surface area contributed by atoms with E-state index in [9.17, 15) is 10.1 Å². The summed E-state index contributed by atoms with van der Waals surface area (Å²) in [6.07, 6.45) is 10.9. The maximum atomic E-state index is 11.6. The number of ether oxygens (including phenoxy) is 2. The fourth-order valence-corrected chi connectivity index (χ4v) is 6.80. The highest BCUT2D eigenvalue weighted by Crippen LogP contribution is 2.36. The maximum absolute atomic E-state index is 11.6. The number of hydrogen-bond acceptors (Lipinski definition) is 10. The van der Waals surface area contributed by atoms with Gasteiger partial charge >= 0.3 is 5.97 Å². The van der Waals surface area contributed by atoms with Crippen molar-refractivity contribution in [1.29, 1.82) is 5.26 Å². The Morgan fingerprint density at radius 3 is 2.38 bits per heavy atom. The van der Waals surface area contributed by atoms with Crippen LogP contribution in [0.5, 0.6) is 0 Å². The van der Waals surface area contributed by atoms with Crippen LogP contribution in [0.15, 0.2) is 49.3 Å². The van der Waals surface area contributed by atoms with Crippen LogP contribution in [0.2, 0.25) is 25.7 Å². The summed E-state index contributed by atoms with van der Waals surface area (Å²) in [7, 11) is 0.164. The van der Waals surface area contributed by atoms with Gasteiger partial charge in [-0.15, -0.1) is 0 Å². The number of hydrogen-bond donors (Lipinski definition) is 0. The Kier molecular flexibility index (Phi) is 12.1. The van der Waals surface area contributed by atoms with Crippen molar-refractivity contribution in [2.75, 3.05) is 38.3 Å². The lowest BCUT2D eigenvalue weighted by atomic mass is 9.87. The van der Waals surface area contributed by atoms with Crippen molar-refractivity contribution in [1.82, 2.24) is 34.2 Å². The molecule has 1 fully saturated rings. The van der Waals surface area contributed by atoms with E-state index in [1.54, 1.807) is 12.4 Å². The average Bonchev–Trinajstić information content (AvgIpc) is 3.68. The van der Waals surface area contributed by atoms with Crippen LogP contribution in [0.4, 0.5) is 5.82 Å². The van der Waals surface area contributed by atoms with E-state index in [1.807, 2.05) is 38.8 Å². The summed E-state index contributed by atoms with van der Waals surface area (Å²) >= 11 is 0. The molecule has 0 aliphatic carbocycles. The molecular weight excluding hydrogens is 623 g/mol. The molecule has 0 radical (unpaired) electrons. The number of rotatable bonds is 13. The molecule has 4 aromatic heterocycles. The first-order valence-electron chi connectivity index (χ1n) is 16.7. The lowest BCUT2D eigenvalue weighted by molar-refractivity contribution is 0.0593. The number of methoxy groups -OCH3 is 1. The first-order valence-corrected chi connectivity index (χ1v) is 20.4. The van der Waals surface area contributed by atoms with Crippen LogP contribution in [0, 0.1) is 11.3 Å². The number of fused-ring (bicyclic) bond motifs is 1. The molecule has 0 saturated carbocycles. The molecule has 13 heteroatoms. The van der Waals surface area contributed by atoms with Gasteiger partial charge in [-0.3, -0.25) is 9.58 Å². The first-order chi connectivity index (χ1) is 22.8. The van der Waals surface area contributed by atoms with E-state index in [0.717, 1.165) is 41.4 Å². The fraction of sp³-hybridized carbons (Fsp3) is 0.543. The third-order valence-corrected chi connectivity index (χ3v) is 10.4. The van der Waals surface area contributed by atoms with Crippen molar-refractivity contribution in [3.8, 4) is 17.2 Å². The highest BCUT2D eigenvalue weighted by atomic mass is 28.3. The number of aromatic nitrogens is 6. The molecular formula is C35H51N9O3Si. The quantitative estimate of drug-likeness (QED) is 0.0941. The van der Waals surface area contributed by atoms with Gasteiger partial charge in [0, 0.05) is 69.4 Å². The predicted octanol–water partition coefficient (Wildman–Crippen LogP) is 6.04. The molecule has 5 rings (SSSR count). The molecule has 0 unspecified atom stereocenters. The van der Waals surface area contributed by atoms with E-state index < -0.39 is 19.6 Å². The Bertz CT molecular complexity index is 1670. The van der Waals surface area contributed by atoms with Crippen LogP contribution in [-0.4, -0.2) is 93.7 Å². The molecule has 258 valence electrons. The van der Waals surface area contributed by atoms with Crippen LogP contribution >= 0.6 is 0 Å². The number of carbonyl (C=O) groups is 1. The van der Waals surface area contributed by atoms with Gasteiger partial charge in [0.2, 0.25) is 0 Å². The highest BCUT2D eigenvalue weighted by Gasteiger charge is 2.46. The zero-order valence-corrected chi connectivity index (χ0v) is 31.0. The summed E-state index contributed by atoms with van der Waals surface area (Å²) in [6, 6.07) is 8.87. The molecule has 5 heterocycles. The molecule has 0 bridgehead atoms. The maximum Gasteiger partial charge on any atom is 0.358 e. The molecule has 0 amide bonds. The van der Waals surface area contributed by atoms with E-state index in [2.05, 4.69) is 96.1 Å². The van der Waals surface area contributed by atoms with Gasteiger partial charge in [0.15, 0.2) is 5.69 Å². The smallest absolute Gasteiger partial charge is 0.358 e. The second-order valence-corrected chi connectivity index (χ2v) is 19.7. The molecule has 0 atom stereocenters. The number of carbonyl (C=O) groups excluding carboxylic acids is 1. The van der Waals surface area contributed by atoms with Crippen molar-refractivity contribution < 1.29 is 14.3 Å². The van der Waals surface area contributed by atoms with Crippen molar-refractivity contribution in [3.63, 3.8) is 0 Å². The Balaban J connectivity index is 0.000000508. The highest BCUT2D eigenvalue weighted by molar-refractivity contribution is 6.76. The number of nitriles is 1. The molecule has 0 spiro atoms. The van der Waals surface area contributed by atoms with E-state index in [-0.39, 0.29) is 5.69 Å². The number of anilines is 1. The molecule has 0 N–H and O–H groups in total. The SMILES string of the molecule is CCN(C(C)C)C(C)C.COC(=O)c1cnc(N2CC(CC#N)(n3cc(-c4ccnc5c4ccn5COCC[Si](C)(C)C)cn3)C2)cn1. The van der Waals surface area contributed by atoms with E-state index in [1.165, 1.54) is 13.3 Å². The van der Waals surface area contributed by atoms with Crippen LogP contribution < -0.4 is 4.90 Å². The van der Waals surface area contributed by atoms with Crippen LogP contribution in [-0.2, 0) is 21.7 Å². The standard InChI is InChI=1S/C27H32N8O3Si.C8H19N/c1-37-26(36)23-14-31-24(15-30-23)34-17-27(18-34,7-8-28)35-16-20(13-32-35)21-5-9-29-25-22(21)6-10-33(25)19-38-11-12-39(2,3)4;1-6-9(7(2)3)8(4)5/h5-6,9-10,13-16H,7,11-12,17-19H2,1-4H3;7-8H,6H2,1-5H3. The van der Waals surface area contributed by atoms with E-state index in [0.29, 0.717) is 44.1 Å². The minimum absolute atomic E-state index is 0.150. The van der Waals surface area contributed by atoms with Crippen LogP contribution in [0.1, 0.15) is 51.5 Å². The fourth-order valence-electron chi connectivity index (χ4n) is 6.04. The number of pyridine rings is 1. The monoisotopic (exact) mass is 673 g/mol. The zero-order chi connectivity index (χ0) is 35.1. The molecule has 1 saturated heterocycles. The predicted molar refractivity (Wildman–Crippen MR) is 191 cm³/mol. The Hall–Kier alpha value is -4.12. The van der Waals surface area contributed by atoms with Gasteiger partial charge in [0.05, 0.1) is 38.2 Å². The van der Waals surface area contributed by atoms with Gasteiger partial charge < -0.3 is 18.9 Å². The number of esters is 1. The third-order valence-electron chi connectivity index (χ3n) is 8.70. The van der Waals surface area contributed by atoms with E-state index in [4.69, 9.17) is 4.74 Å². The van der Waals surface area contributed by atoms with Gasteiger partial charge in [-0.25, -0.2) is 19.7 Å². The summed E-state index contributed by atoms with van der Waals surface area (Å²) in [6.45, 7) is 21.7. The minimum Gasteiger partial charge on any atom is -0.464 e.